The third-order valence-electron chi connectivity index (χ3n) is 4.12. The standard InChI is InChI=1S/C17H19FN4O3S/c18-14-4-2-1-3-12(14)7-9-19-17(23)15-5-6-16(22-21-15)20-13-8-10-26(24,25)11-13/h1-6,13H,7-11H2,(H,19,23)(H,20,22). The number of sulfone groups is 1. The topological polar surface area (TPSA) is 101 Å². The maximum absolute atomic E-state index is 13.5. The van der Waals surface area contributed by atoms with Gasteiger partial charge in [0.2, 0.25) is 0 Å². The van der Waals surface area contributed by atoms with Crippen LogP contribution in [-0.4, -0.2) is 48.6 Å². The summed E-state index contributed by atoms with van der Waals surface area (Å²) in [6.45, 7) is 0.279. The van der Waals surface area contributed by atoms with Crippen LogP contribution in [0.2, 0.25) is 0 Å². The van der Waals surface area contributed by atoms with Crippen molar-refractivity contribution in [3.05, 3.63) is 53.5 Å². The number of carbonyl (C=O) groups is 1. The molecule has 0 radical (unpaired) electrons. The number of anilines is 1. The molecule has 1 saturated heterocycles. The Balaban J connectivity index is 1.50. The Kier molecular flexibility index (Phi) is 5.46. The number of carbonyl (C=O) groups excluding carboxylic acids is 1. The first kappa shape index (κ1) is 18.2. The van der Waals surface area contributed by atoms with Crippen LogP contribution in [0.15, 0.2) is 36.4 Å². The van der Waals surface area contributed by atoms with Crippen molar-refractivity contribution in [3.63, 3.8) is 0 Å². The average Bonchev–Trinajstić information content (AvgIpc) is 2.95. The fourth-order valence-electron chi connectivity index (χ4n) is 2.75. The highest BCUT2D eigenvalue weighted by Crippen LogP contribution is 2.15. The van der Waals surface area contributed by atoms with Gasteiger partial charge in [-0.15, -0.1) is 10.2 Å². The van der Waals surface area contributed by atoms with E-state index in [1.807, 2.05) is 0 Å². The van der Waals surface area contributed by atoms with Gasteiger partial charge in [-0.25, -0.2) is 12.8 Å². The average molecular weight is 378 g/mol. The van der Waals surface area contributed by atoms with Crippen molar-refractivity contribution in [3.8, 4) is 0 Å². The first-order valence-electron chi connectivity index (χ1n) is 8.25. The Bertz CT molecular complexity index is 887. The number of nitrogens with one attached hydrogen (secondary N) is 2. The molecule has 1 aromatic carbocycles. The molecule has 0 bridgehead atoms. The predicted octanol–water partition coefficient (Wildman–Crippen LogP) is 1.19. The summed E-state index contributed by atoms with van der Waals surface area (Å²) in [7, 11) is -2.97. The molecule has 1 amide bonds. The Morgan fingerprint density at radius 1 is 1.19 bits per heavy atom. The van der Waals surface area contributed by atoms with Gasteiger partial charge in [0.15, 0.2) is 15.5 Å². The van der Waals surface area contributed by atoms with E-state index in [1.165, 1.54) is 12.1 Å². The lowest BCUT2D eigenvalue weighted by atomic mass is 10.1. The first-order valence-corrected chi connectivity index (χ1v) is 10.1. The Morgan fingerprint density at radius 2 is 2.00 bits per heavy atom. The lowest BCUT2D eigenvalue weighted by Crippen LogP contribution is -2.27. The molecule has 1 aromatic heterocycles. The number of benzene rings is 1. The van der Waals surface area contributed by atoms with E-state index in [1.54, 1.807) is 24.3 Å². The summed E-state index contributed by atoms with van der Waals surface area (Å²) in [4.78, 5) is 12.1. The molecule has 3 rings (SSSR count). The van der Waals surface area contributed by atoms with Gasteiger partial charge < -0.3 is 10.6 Å². The minimum Gasteiger partial charge on any atom is -0.365 e. The number of rotatable bonds is 6. The number of nitrogens with zero attached hydrogens (tertiary/aromatic N) is 2. The number of hydrogen-bond donors (Lipinski definition) is 2. The number of halogens is 1. The van der Waals surface area contributed by atoms with E-state index >= 15 is 0 Å². The second kappa shape index (κ2) is 7.77. The molecule has 0 aliphatic carbocycles. The summed E-state index contributed by atoms with van der Waals surface area (Å²) in [5, 5.41) is 13.4. The monoisotopic (exact) mass is 378 g/mol. The number of aromatic nitrogens is 2. The van der Waals surface area contributed by atoms with Gasteiger partial charge in [-0.1, -0.05) is 18.2 Å². The normalized spacial score (nSPS) is 18.4. The fourth-order valence-corrected chi connectivity index (χ4v) is 4.42. The van der Waals surface area contributed by atoms with Crippen LogP contribution in [0.1, 0.15) is 22.5 Å². The van der Waals surface area contributed by atoms with Crippen LogP contribution in [0.5, 0.6) is 0 Å². The molecule has 9 heteroatoms. The van der Waals surface area contributed by atoms with Gasteiger partial charge >= 0.3 is 0 Å². The zero-order chi connectivity index (χ0) is 18.6. The zero-order valence-electron chi connectivity index (χ0n) is 14.0. The van der Waals surface area contributed by atoms with E-state index in [9.17, 15) is 17.6 Å². The van der Waals surface area contributed by atoms with Crippen LogP contribution >= 0.6 is 0 Å². The van der Waals surface area contributed by atoms with Gasteiger partial charge in [-0.2, -0.15) is 0 Å². The molecule has 7 nitrogen and oxygen atoms in total. The van der Waals surface area contributed by atoms with E-state index in [0.29, 0.717) is 24.2 Å². The van der Waals surface area contributed by atoms with E-state index in [4.69, 9.17) is 0 Å². The van der Waals surface area contributed by atoms with Gasteiger partial charge in [0.25, 0.3) is 5.91 Å². The minimum atomic E-state index is -2.97. The second-order valence-electron chi connectivity index (χ2n) is 6.15. The van der Waals surface area contributed by atoms with Crippen molar-refractivity contribution < 1.29 is 17.6 Å². The maximum Gasteiger partial charge on any atom is 0.271 e. The molecule has 2 N–H and O–H groups in total. The van der Waals surface area contributed by atoms with Gasteiger partial charge in [-0.3, -0.25) is 4.79 Å². The quantitative estimate of drug-likeness (QED) is 0.783. The first-order chi connectivity index (χ1) is 12.4. The highest BCUT2D eigenvalue weighted by atomic mass is 32.2. The van der Waals surface area contributed by atoms with Crippen molar-refractivity contribution in [2.75, 3.05) is 23.4 Å². The van der Waals surface area contributed by atoms with Crippen molar-refractivity contribution >= 4 is 21.6 Å². The molecule has 2 aromatic rings. The molecule has 26 heavy (non-hydrogen) atoms. The third kappa shape index (κ3) is 4.75. The number of amides is 1. The summed E-state index contributed by atoms with van der Waals surface area (Å²) in [5.74, 6) is -0.0298. The van der Waals surface area contributed by atoms with Gasteiger partial charge in [-0.05, 0) is 36.6 Å². The Labute approximate surface area is 150 Å². The third-order valence-corrected chi connectivity index (χ3v) is 5.89. The molecular formula is C17H19FN4O3S. The lowest BCUT2D eigenvalue weighted by molar-refractivity contribution is 0.0948. The molecule has 1 unspecified atom stereocenters. The second-order valence-corrected chi connectivity index (χ2v) is 8.37. The van der Waals surface area contributed by atoms with Crippen LogP contribution in [0, 0.1) is 5.82 Å². The molecular weight excluding hydrogens is 359 g/mol. The smallest absolute Gasteiger partial charge is 0.271 e. The lowest BCUT2D eigenvalue weighted by Gasteiger charge is -2.11. The molecule has 2 heterocycles. The summed E-state index contributed by atoms with van der Waals surface area (Å²) in [5.41, 5.74) is 0.674. The Morgan fingerprint density at radius 3 is 2.65 bits per heavy atom. The highest BCUT2D eigenvalue weighted by Gasteiger charge is 2.28. The summed E-state index contributed by atoms with van der Waals surface area (Å²) >= 11 is 0. The molecule has 0 saturated carbocycles. The van der Waals surface area contributed by atoms with E-state index in [2.05, 4.69) is 20.8 Å². The summed E-state index contributed by atoms with van der Waals surface area (Å²) < 4.78 is 36.4. The van der Waals surface area contributed by atoms with Crippen LogP contribution in [0.25, 0.3) is 0 Å². The van der Waals surface area contributed by atoms with Crippen LogP contribution in [0.4, 0.5) is 10.2 Å². The molecule has 1 atom stereocenters. The van der Waals surface area contributed by atoms with Crippen LogP contribution in [-0.2, 0) is 16.3 Å². The van der Waals surface area contributed by atoms with E-state index < -0.39 is 15.7 Å². The summed E-state index contributed by atoms with van der Waals surface area (Å²) in [6, 6.07) is 9.32. The fraction of sp³-hybridized carbons (Fsp3) is 0.353. The SMILES string of the molecule is O=C(NCCc1ccccc1F)c1ccc(NC2CCS(=O)(=O)C2)nn1. The predicted molar refractivity (Wildman–Crippen MR) is 95.2 cm³/mol. The molecule has 1 aliphatic rings. The van der Waals surface area contributed by atoms with Crippen molar-refractivity contribution in [2.45, 2.75) is 18.9 Å². The van der Waals surface area contributed by atoms with Crippen molar-refractivity contribution in [1.29, 1.82) is 0 Å². The molecule has 1 fully saturated rings. The van der Waals surface area contributed by atoms with Crippen LogP contribution < -0.4 is 10.6 Å². The Hall–Kier alpha value is -2.55. The zero-order valence-corrected chi connectivity index (χ0v) is 14.8. The van der Waals surface area contributed by atoms with Crippen molar-refractivity contribution in [1.82, 2.24) is 15.5 Å². The molecule has 1 aliphatic heterocycles. The molecule has 138 valence electrons. The molecule has 0 spiro atoms. The minimum absolute atomic E-state index is 0.0764. The van der Waals surface area contributed by atoms with Gasteiger partial charge in [0.1, 0.15) is 11.6 Å². The highest BCUT2D eigenvalue weighted by molar-refractivity contribution is 7.91. The van der Waals surface area contributed by atoms with Gasteiger partial charge in [0.05, 0.1) is 11.5 Å². The number of hydrogen-bond acceptors (Lipinski definition) is 6. The van der Waals surface area contributed by atoms with Gasteiger partial charge in [0, 0.05) is 12.6 Å². The van der Waals surface area contributed by atoms with E-state index in [-0.39, 0.29) is 35.6 Å². The van der Waals surface area contributed by atoms with E-state index in [0.717, 1.165) is 0 Å². The maximum atomic E-state index is 13.5. The largest absolute Gasteiger partial charge is 0.365 e. The summed E-state index contributed by atoms with van der Waals surface area (Å²) in [6.07, 6.45) is 0.907. The van der Waals surface area contributed by atoms with Crippen molar-refractivity contribution in [2.24, 2.45) is 0 Å². The van der Waals surface area contributed by atoms with Crippen LogP contribution in [0.3, 0.4) is 0 Å².